The number of hydrogen-bond donors (Lipinski definition) is 3. The first kappa shape index (κ1) is 18.8. The van der Waals surface area contributed by atoms with Crippen LogP contribution >= 0.6 is 0 Å². The lowest BCUT2D eigenvalue weighted by Gasteiger charge is -2.27. The summed E-state index contributed by atoms with van der Waals surface area (Å²) in [5.41, 5.74) is 0.585. The molecule has 2 aromatic rings. The van der Waals surface area contributed by atoms with Gasteiger partial charge in [-0.15, -0.1) is 0 Å². The number of carbonyl (C=O) groups excluding carboxylic acids is 1. The number of rotatable bonds is 7. The molecule has 7 nitrogen and oxygen atoms in total. The highest BCUT2D eigenvalue weighted by atomic mass is 16.3. The number of hydrogen-bond acceptors (Lipinski definition) is 4. The molecule has 2 amide bonds. The minimum absolute atomic E-state index is 0.105. The van der Waals surface area contributed by atoms with E-state index in [0.717, 1.165) is 5.69 Å². The quantitative estimate of drug-likeness (QED) is 0.709. The van der Waals surface area contributed by atoms with Gasteiger partial charge in [0.15, 0.2) is 0 Å². The van der Waals surface area contributed by atoms with Crippen molar-refractivity contribution in [1.29, 1.82) is 0 Å². The lowest BCUT2D eigenvalue weighted by Crippen LogP contribution is -2.47. The monoisotopic (exact) mass is 345 g/mol. The Kier molecular flexibility index (Phi) is 6.03. The van der Waals surface area contributed by atoms with E-state index in [4.69, 9.17) is 0 Å². The second-order valence-electron chi connectivity index (χ2n) is 6.54. The van der Waals surface area contributed by atoms with Crippen molar-refractivity contribution < 1.29 is 9.90 Å². The van der Waals surface area contributed by atoms with Gasteiger partial charge in [0, 0.05) is 44.1 Å². The average molecular weight is 345 g/mol. The summed E-state index contributed by atoms with van der Waals surface area (Å²) in [5, 5.41) is 20.0. The van der Waals surface area contributed by atoms with Crippen molar-refractivity contribution in [3.8, 4) is 0 Å². The van der Waals surface area contributed by atoms with Crippen LogP contribution in [-0.2, 0) is 12.6 Å². The van der Waals surface area contributed by atoms with Crippen LogP contribution in [0.4, 0.5) is 10.5 Å². The number of para-hydroxylation sites is 1. The molecule has 0 bridgehead atoms. The molecule has 0 radical (unpaired) electrons. The van der Waals surface area contributed by atoms with Crippen LogP contribution in [0.1, 0.15) is 19.4 Å². The van der Waals surface area contributed by atoms with Crippen LogP contribution in [0.3, 0.4) is 0 Å². The summed E-state index contributed by atoms with van der Waals surface area (Å²) in [4.78, 5) is 14.1. The number of aryl methyl sites for hydroxylation is 1. The molecule has 25 heavy (non-hydrogen) atoms. The van der Waals surface area contributed by atoms with Gasteiger partial charge in [-0.3, -0.25) is 4.68 Å². The minimum atomic E-state index is -1.17. The molecule has 1 aromatic carbocycles. The summed E-state index contributed by atoms with van der Waals surface area (Å²) in [6.07, 6.45) is 3.33. The highest BCUT2D eigenvalue weighted by molar-refractivity contribution is 5.74. The smallest absolute Gasteiger partial charge is 0.314 e. The topological polar surface area (TPSA) is 82.4 Å². The van der Waals surface area contributed by atoms with E-state index < -0.39 is 5.60 Å². The summed E-state index contributed by atoms with van der Waals surface area (Å²) in [6, 6.07) is 9.83. The first-order valence-corrected chi connectivity index (χ1v) is 8.30. The molecule has 7 heteroatoms. The molecule has 0 saturated heterocycles. The fraction of sp³-hybridized carbons (Fsp3) is 0.444. The predicted octanol–water partition coefficient (Wildman–Crippen LogP) is 1.45. The Morgan fingerprint density at radius 1 is 1.36 bits per heavy atom. The molecule has 0 aliphatic rings. The van der Waals surface area contributed by atoms with Crippen LogP contribution in [0.5, 0.6) is 0 Å². The van der Waals surface area contributed by atoms with Crippen molar-refractivity contribution in [3.05, 3.63) is 48.3 Å². The van der Waals surface area contributed by atoms with E-state index in [9.17, 15) is 9.90 Å². The number of benzene rings is 1. The number of aliphatic hydroxyl groups is 1. The van der Waals surface area contributed by atoms with Crippen LogP contribution in [0.25, 0.3) is 0 Å². The molecule has 2 rings (SSSR count). The van der Waals surface area contributed by atoms with Crippen LogP contribution in [0.15, 0.2) is 42.7 Å². The molecule has 0 aliphatic heterocycles. The standard InChI is InChI=1S/C18H27N5O2/c1-14(23(4)16-8-6-5-7-9-16)10-19-17(24)20-13-18(2,25)15-11-21-22(3)12-15/h5-9,11-12,14,25H,10,13H2,1-4H3,(H2,19,20,24)/t14-,18+/m0/s1. The summed E-state index contributed by atoms with van der Waals surface area (Å²) in [5.74, 6) is 0. The maximum atomic E-state index is 12.0. The van der Waals surface area contributed by atoms with Crippen molar-refractivity contribution in [2.45, 2.75) is 25.5 Å². The van der Waals surface area contributed by atoms with E-state index in [2.05, 4.69) is 20.6 Å². The second-order valence-corrected chi connectivity index (χ2v) is 6.54. The summed E-state index contributed by atoms with van der Waals surface area (Å²) in [6.45, 7) is 4.29. The number of likely N-dealkylation sites (N-methyl/N-ethyl adjacent to an activating group) is 1. The van der Waals surface area contributed by atoms with Gasteiger partial charge in [0.05, 0.1) is 12.7 Å². The minimum Gasteiger partial charge on any atom is -0.383 e. The molecular weight excluding hydrogens is 318 g/mol. The van der Waals surface area contributed by atoms with Gasteiger partial charge in [-0.05, 0) is 26.0 Å². The van der Waals surface area contributed by atoms with Crippen molar-refractivity contribution in [2.24, 2.45) is 7.05 Å². The third-order valence-corrected chi connectivity index (χ3v) is 4.30. The Balaban J connectivity index is 1.78. The van der Waals surface area contributed by atoms with E-state index in [-0.39, 0.29) is 18.6 Å². The Hall–Kier alpha value is -2.54. The highest BCUT2D eigenvalue weighted by Crippen LogP contribution is 2.18. The summed E-state index contributed by atoms with van der Waals surface area (Å²) >= 11 is 0. The Morgan fingerprint density at radius 2 is 2.04 bits per heavy atom. The van der Waals surface area contributed by atoms with E-state index in [0.29, 0.717) is 12.1 Å². The van der Waals surface area contributed by atoms with E-state index >= 15 is 0 Å². The zero-order chi connectivity index (χ0) is 18.4. The van der Waals surface area contributed by atoms with Gasteiger partial charge in [0.2, 0.25) is 0 Å². The Labute approximate surface area is 148 Å². The molecular formula is C18H27N5O2. The number of nitrogens with zero attached hydrogens (tertiary/aromatic N) is 3. The molecule has 1 heterocycles. The summed E-state index contributed by atoms with van der Waals surface area (Å²) < 4.78 is 1.62. The van der Waals surface area contributed by atoms with E-state index in [1.54, 1.807) is 31.0 Å². The van der Waals surface area contributed by atoms with Crippen LogP contribution < -0.4 is 15.5 Å². The largest absolute Gasteiger partial charge is 0.383 e. The van der Waals surface area contributed by atoms with Crippen molar-refractivity contribution in [2.75, 3.05) is 25.0 Å². The van der Waals surface area contributed by atoms with Crippen LogP contribution in [-0.4, -0.2) is 47.1 Å². The SMILES string of the molecule is C[C@@H](CNC(=O)NC[C@@](C)(O)c1cnn(C)c1)N(C)c1ccccc1. The summed E-state index contributed by atoms with van der Waals surface area (Å²) in [7, 11) is 3.77. The highest BCUT2D eigenvalue weighted by Gasteiger charge is 2.25. The molecule has 0 aliphatic carbocycles. The number of urea groups is 1. The van der Waals surface area contributed by atoms with Crippen LogP contribution in [0, 0.1) is 0 Å². The maximum Gasteiger partial charge on any atom is 0.314 e. The van der Waals surface area contributed by atoms with Gasteiger partial charge in [-0.2, -0.15) is 5.10 Å². The number of nitrogens with one attached hydrogen (secondary N) is 2. The predicted molar refractivity (Wildman–Crippen MR) is 98.5 cm³/mol. The Morgan fingerprint density at radius 3 is 2.64 bits per heavy atom. The third-order valence-electron chi connectivity index (χ3n) is 4.30. The lowest BCUT2D eigenvalue weighted by molar-refractivity contribution is 0.0593. The van der Waals surface area contributed by atoms with Crippen molar-refractivity contribution >= 4 is 11.7 Å². The molecule has 0 fully saturated rings. The molecule has 0 unspecified atom stereocenters. The van der Waals surface area contributed by atoms with Gasteiger partial charge >= 0.3 is 6.03 Å². The van der Waals surface area contributed by atoms with Gasteiger partial charge in [-0.1, -0.05) is 18.2 Å². The molecule has 2 atom stereocenters. The second kappa shape index (κ2) is 8.02. The first-order valence-electron chi connectivity index (χ1n) is 8.30. The number of carbonyl (C=O) groups is 1. The first-order chi connectivity index (χ1) is 11.8. The number of amides is 2. The van der Waals surface area contributed by atoms with Gasteiger partial charge in [0.25, 0.3) is 0 Å². The molecule has 136 valence electrons. The molecule has 3 N–H and O–H groups in total. The lowest BCUT2D eigenvalue weighted by atomic mass is 10.00. The van der Waals surface area contributed by atoms with Crippen LogP contribution in [0.2, 0.25) is 0 Å². The average Bonchev–Trinajstić information content (AvgIpc) is 3.05. The molecule has 0 saturated carbocycles. The Bertz CT molecular complexity index is 684. The van der Waals surface area contributed by atoms with Crippen molar-refractivity contribution in [1.82, 2.24) is 20.4 Å². The maximum absolute atomic E-state index is 12.0. The molecule has 0 spiro atoms. The zero-order valence-corrected chi connectivity index (χ0v) is 15.2. The number of aromatic nitrogens is 2. The van der Waals surface area contributed by atoms with E-state index in [1.807, 2.05) is 44.3 Å². The fourth-order valence-corrected chi connectivity index (χ4v) is 2.41. The normalized spacial score (nSPS) is 14.4. The zero-order valence-electron chi connectivity index (χ0n) is 15.2. The van der Waals surface area contributed by atoms with Gasteiger partial charge in [0.1, 0.15) is 5.60 Å². The molecule has 1 aromatic heterocycles. The van der Waals surface area contributed by atoms with E-state index in [1.165, 1.54) is 0 Å². The third kappa shape index (κ3) is 5.22. The number of anilines is 1. The van der Waals surface area contributed by atoms with Gasteiger partial charge < -0.3 is 20.6 Å². The van der Waals surface area contributed by atoms with Gasteiger partial charge in [-0.25, -0.2) is 4.79 Å². The fourth-order valence-electron chi connectivity index (χ4n) is 2.41. The van der Waals surface area contributed by atoms with Crippen molar-refractivity contribution in [3.63, 3.8) is 0 Å².